The van der Waals surface area contributed by atoms with E-state index < -0.39 is 11.8 Å². The molecule has 0 saturated heterocycles. The molecular weight excluding hydrogens is 285 g/mol. The van der Waals surface area contributed by atoms with Crippen molar-refractivity contribution in [2.24, 2.45) is 0 Å². The van der Waals surface area contributed by atoms with Gasteiger partial charge in [0.2, 0.25) is 0 Å². The highest BCUT2D eigenvalue weighted by Gasteiger charge is 2.12. The number of rotatable bonds is 5. The highest BCUT2D eigenvalue weighted by Crippen LogP contribution is 2.01. The van der Waals surface area contributed by atoms with E-state index in [1.807, 2.05) is 18.2 Å². The molecule has 1 aromatic carbocycles. The first-order chi connectivity index (χ1) is 10.6. The molecule has 0 radical (unpaired) electrons. The van der Waals surface area contributed by atoms with Gasteiger partial charge < -0.3 is 10.6 Å². The Morgan fingerprint density at radius 3 is 2.41 bits per heavy atom. The maximum absolute atomic E-state index is 12.7. The van der Waals surface area contributed by atoms with E-state index in [0.29, 0.717) is 13.0 Å². The third kappa shape index (κ3) is 4.97. The number of benzene rings is 1. The first-order valence-electron chi connectivity index (χ1n) is 6.85. The minimum Gasteiger partial charge on any atom is -0.347 e. The summed E-state index contributed by atoms with van der Waals surface area (Å²) < 4.78 is 12.7. The third-order valence-corrected chi connectivity index (χ3v) is 2.97. The van der Waals surface area contributed by atoms with Crippen LogP contribution in [0.3, 0.4) is 0 Å². The summed E-state index contributed by atoms with van der Waals surface area (Å²) >= 11 is 0. The number of aromatic nitrogens is 1. The molecule has 0 atom stereocenters. The predicted octanol–water partition coefficient (Wildman–Crippen LogP) is 1.20. The summed E-state index contributed by atoms with van der Waals surface area (Å²) in [5.41, 5.74) is 1.56. The zero-order chi connectivity index (χ0) is 15.8. The molecule has 1 heterocycles. The molecule has 0 aliphatic rings. The van der Waals surface area contributed by atoms with Gasteiger partial charge in [0.15, 0.2) is 0 Å². The van der Waals surface area contributed by atoms with Crippen molar-refractivity contribution in [3.8, 4) is 0 Å². The van der Waals surface area contributed by atoms with Crippen LogP contribution < -0.4 is 10.6 Å². The number of pyridine rings is 1. The van der Waals surface area contributed by atoms with Gasteiger partial charge in [0, 0.05) is 31.4 Å². The Balaban J connectivity index is 1.70. The van der Waals surface area contributed by atoms with Crippen LogP contribution in [0.5, 0.6) is 0 Å². The smallest absolute Gasteiger partial charge is 0.309 e. The van der Waals surface area contributed by atoms with Crippen molar-refractivity contribution < 1.29 is 14.0 Å². The molecular formula is C16H16FN3O2. The highest BCUT2D eigenvalue weighted by molar-refractivity contribution is 6.35. The highest BCUT2D eigenvalue weighted by atomic mass is 19.1. The van der Waals surface area contributed by atoms with Crippen molar-refractivity contribution in [3.63, 3.8) is 0 Å². The Morgan fingerprint density at radius 2 is 1.73 bits per heavy atom. The number of hydrogen-bond acceptors (Lipinski definition) is 3. The number of carbonyl (C=O) groups excluding carboxylic acids is 2. The number of hydrogen-bond donors (Lipinski definition) is 2. The molecule has 0 spiro atoms. The Hall–Kier alpha value is -2.76. The molecule has 5 nitrogen and oxygen atoms in total. The molecule has 0 aliphatic heterocycles. The van der Waals surface area contributed by atoms with Gasteiger partial charge in [-0.1, -0.05) is 18.2 Å². The molecule has 6 heteroatoms. The molecule has 114 valence electrons. The summed E-state index contributed by atoms with van der Waals surface area (Å²) in [6.45, 7) is 0.507. The first kappa shape index (κ1) is 15.6. The summed E-state index contributed by atoms with van der Waals surface area (Å²) in [5, 5.41) is 5.00. The molecule has 2 amide bonds. The number of carbonyl (C=O) groups is 2. The predicted molar refractivity (Wildman–Crippen MR) is 79.2 cm³/mol. The summed E-state index contributed by atoms with van der Waals surface area (Å²) in [7, 11) is 0. The fourth-order valence-electron chi connectivity index (χ4n) is 1.80. The average Bonchev–Trinajstić information content (AvgIpc) is 2.55. The largest absolute Gasteiger partial charge is 0.347 e. The van der Waals surface area contributed by atoms with Gasteiger partial charge in [-0.05, 0) is 29.8 Å². The van der Waals surface area contributed by atoms with Gasteiger partial charge in [-0.2, -0.15) is 0 Å². The monoisotopic (exact) mass is 301 g/mol. The SMILES string of the molecule is O=C(NCCc1ccccn1)C(=O)NCc1ccc(F)cc1. The van der Waals surface area contributed by atoms with Crippen LogP contribution in [0.2, 0.25) is 0 Å². The maximum atomic E-state index is 12.7. The van der Waals surface area contributed by atoms with Crippen molar-refractivity contribution >= 4 is 11.8 Å². The van der Waals surface area contributed by atoms with Crippen LogP contribution in [0.1, 0.15) is 11.3 Å². The molecule has 0 unspecified atom stereocenters. The molecule has 2 N–H and O–H groups in total. The normalized spacial score (nSPS) is 10.0. The van der Waals surface area contributed by atoms with Crippen LogP contribution in [-0.2, 0) is 22.6 Å². The summed E-state index contributed by atoms with van der Waals surface area (Å²) in [4.78, 5) is 27.3. The first-order valence-corrected chi connectivity index (χ1v) is 6.85. The van der Waals surface area contributed by atoms with Gasteiger partial charge in [0.05, 0.1) is 0 Å². The number of nitrogens with zero attached hydrogens (tertiary/aromatic N) is 1. The van der Waals surface area contributed by atoms with Gasteiger partial charge in [0.1, 0.15) is 5.82 Å². The molecule has 0 bridgehead atoms. The van der Waals surface area contributed by atoms with Crippen LogP contribution in [0.4, 0.5) is 4.39 Å². The Labute approximate surface area is 127 Å². The van der Waals surface area contributed by atoms with Crippen LogP contribution >= 0.6 is 0 Å². The lowest BCUT2D eigenvalue weighted by atomic mass is 10.2. The van der Waals surface area contributed by atoms with Gasteiger partial charge in [-0.3, -0.25) is 14.6 Å². The zero-order valence-corrected chi connectivity index (χ0v) is 11.9. The fourth-order valence-corrected chi connectivity index (χ4v) is 1.80. The summed E-state index contributed by atoms with van der Waals surface area (Å²) in [5.74, 6) is -1.76. The van der Waals surface area contributed by atoms with E-state index in [1.54, 1.807) is 18.3 Å². The number of amides is 2. The topological polar surface area (TPSA) is 71.1 Å². The molecule has 2 aromatic rings. The van der Waals surface area contributed by atoms with E-state index in [0.717, 1.165) is 11.3 Å². The van der Waals surface area contributed by atoms with Gasteiger partial charge in [-0.25, -0.2) is 4.39 Å². The zero-order valence-electron chi connectivity index (χ0n) is 11.9. The molecule has 1 aromatic heterocycles. The van der Waals surface area contributed by atoms with Gasteiger partial charge >= 0.3 is 11.8 Å². The standard InChI is InChI=1S/C16H16FN3O2/c17-13-6-4-12(5-7-13)11-20-16(22)15(21)19-10-8-14-3-1-2-9-18-14/h1-7,9H,8,10-11H2,(H,19,21)(H,20,22). The van der Waals surface area contributed by atoms with E-state index in [1.165, 1.54) is 12.1 Å². The van der Waals surface area contributed by atoms with Crippen LogP contribution in [0.15, 0.2) is 48.7 Å². The second-order valence-electron chi connectivity index (χ2n) is 4.64. The van der Waals surface area contributed by atoms with Crippen LogP contribution in [0.25, 0.3) is 0 Å². The van der Waals surface area contributed by atoms with Crippen molar-refractivity contribution in [2.45, 2.75) is 13.0 Å². The number of nitrogens with one attached hydrogen (secondary N) is 2. The lowest BCUT2D eigenvalue weighted by Gasteiger charge is -2.06. The van der Waals surface area contributed by atoms with E-state index in [9.17, 15) is 14.0 Å². The van der Waals surface area contributed by atoms with Gasteiger partial charge in [0.25, 0.3) is 0 Å². The van der Waals surface area contributed by atoms with Crippen molar-refractivity contribution in [1.82, 2.24) is 15.6 Å². The van der Waals surface area contributed by atoms with E-state index in [2.05, 4.69) is 15.6 Å². The molecule has 0 saturated carbocycles. The fraction of sp³-hybridized carbons (Fsp3) is 0.188. The van der Waals surface area contributed by atoms with Crippen molar-refractivity contribution in [3.05, 3.63) is 65.7 Å². The van der Waals surface area contributed by atoms with E-state index in [-0.39, 0.29) is 12.4 Å². The van der Waals surface area contributed by atoms with Crippen LogP contribution in [-0.4, -0.2) is 23.3 Å². The maximum Gasteiger partial charge on any atom is 0.309 e. The lowest BCUT2D eigenvalue weighted by Crippen LogP contribution is -2.40. The van der Waals surface area contributed by atoms with Crippen molar-refractivity contribution in [2.75, 3.05) is 6.54 Å². The van der Waals surface area contributed by atoms with E-state index in [4.69, 9.17) is 0 Å². The number of halogens is 1. The lowest BCUT2D eigenvalue weighted by molar-refractivity contribution is -0.139. The third-order valence-electron chi connectivity index (χ3n) is 2.97. The molecule has 22 heavy (non-hydrogen) atoms. The average molecular weight is 301 g/mol. The Kier molecular flexibility index (Phi) is 5.59. The summed E-state index contributed by atoms with van der Waals surface area (Å²) in [6, 6.07) is 11.2. The molecule has 0 aliphatic carbocycles. The van der Waals surface area contributed by atoms with E-state index >= 15 is 0 Å². The second-order valence-corrected chi connectivity index (χ2v) is 4.64. The quantitative estimate of drug-likeness (QED) is 0.815. The van der Waals surface area contributed by atoms with Gasteiger partial charge in [-0.15, -0.1) is 0 Å². The Bertz CT molecular complexity index is 630. The van der Waals surface area contributed by atoms with Crippen molar-refractivity contribution in [1.29, 1.82) is 0 Å². The Morgan fingerprint density at radius 1 is 1.00 bits per heavy atom. The minimum absolute atomic E-state index is 0.173. The molecule has 0 fully saturated rings. The summed E-state index contributed by atoms with van der Waals surface area (Å²) in [6.07, 6.45) is 2.23. The van der Waals surface area contributed by atoms with Crippen LogP contribution in [0, 0.1) is 5.82 Å². The second kappa shape index (κ2) is 7.87. The molecule has 2 rings (SSSR count). The minimum atomic E-state index is -0.717.